The Balaban J connectivity index is 1.99. The molecule has 0 spiro atoms. The number of halogens is 3. The third kappa shape index (κ3) is 2.93. The maximum atomic E-state index is 14.0. The van der Waals surface area contributed by atoms with Crippen LogP contribution in [0.5, 0.6) is 0 Å². The second-order valence-corrected chi connectivity index (χ2v) is 7.94. The monoisotopic (exact) mass is 373 g/mol. The fourth-order valence-corrected chi connectivity index (χ4v) is 5.46. The highest BCUT2D eigenvalue weighted by Gasteiger charge is 2.60. The Bertz CT molecular complexity index is 630. The van der Waals surface area contributed by atoms with Crippen LogP contribution in [0.1, 0.15) is 46.0 Å². The van der Waals surface area contributed by atoms with Crippen molar-refractivity contribution in [1.82, 2.24) is 4.90 Å². The van der Waals surface area contributed by atoms with Gasteiger partial charge in [-0.25, -0.2) is 0 Å². The van der Waals surface area contributed by atoms with Crippen LogP contribution in [-0.2, 0) is 14.3 Å². The van der Waals surface area contributed by atoms with Gasteiger partial charge in [-0.15, -0.1) is 0 Å². The number of esters is 1. The number of carbonyl (C=O) groups is 2. The van der Waals surface area contributed by atoms with E-state index in [9.17, 15) is 22.8 Å². The maximum absolute atomic E-state index is 14.0. The van der Waals surface area contributed by atoms with Gasteiger partial charge in [0.1, 0.15) is 0 Å². The summed E-state index contributed by atoms with van der Waals surface area (Å²) in [6.07, 6.45) is -0.781. The molecule has 0 N–H and O–H groups in total. The van der Waals surface area contributed by atoms with Crippen LogP contribution in [-0.4, -0.2) is 42.6 Å². The molecule has 5 atom stereocenters. The Morgan fingerprint density at radius 2 is 2.08 bits per heavy atom. The van der Waals surface area contributed by atoms with Crippen molar-refractivity contribution in [1.29, 1.82) is 0 Å². The zero-order valence-corrected chi connectivity index (χ0v) is 15.4. The first-order valence-corrected chi connectivity index (χ1v) is 9.30. The van der Waals surface area contributed by atoms with E-state index in [4.69, 9.17) is 4.74 Å². The predicted molar refractivity (Wildman–Crippen MR) is 89.0 cm³/mol. The lowest BCUT2D eigenvalue weighted by Crippen LogP contribution is -2.58. The highest BCUT2D eigenvalue weighted by Crippen LogP contribution is 2.58. The number of rotatable bonds is 2. The second kappa shape index (κ2) is 6.57. The summed E-state index contributed by atoms with van der Waals surface area (Å²) in [6, 6.07) is -0.0701. The van der Waals surface area contributed by atoms with Gasteiger partial charge in [-0.05, 0) is 38.5 Å². The van der Waals surface area contributed by atoms with E-state index >= 15 is 0 Å². The summed E-state index contributed by atoms with van der Waals surface area (Å²) in [5.74, 6) is -4.29. The van der Waals surface area contributed by atoms with Crippen molar-refractivity contribution in [3.8, 4) is 0 Å². The summed E-state index contributed by atoms with van der Waals surface area (Å²) < 4.78 is 46.8. The standard InChI is InChI=1S/C19H26F3NO3/c1-4-26-17(25)12-5-7-13-11(16(12)19(20,21)22)6-8-14-18(13,2)10-9-15(24)23(14)3/h7,11-12,14,16H,4-6,8-10H2,1-3H3/t11?,12?,14?,16?,18-/m1/s1. The minimum absolute atomic E-state index is 0.0504. The number of nitrogens with zero attached hydrogens (tertiary/aromatic N) is 1. The van der Waals surface area contributed by atoms with E-state index in [1.807, 2.05) is 13.0 Å². The Morgan fingerprint density at radius 3 is 2.69 bits per heavy atom. The molecule has 1 amide bonds. The van der Waals surface area contributed by atoms with Crippen LogP contribution in [0.2, 0.25) is 0 Å². The van der Waals surface area contributed by atoms with Crippen LogP contribution in [0.4, 0.5) is 13.2 Å². The van der Waals surface area contributed by atoms with Gasteiger partial charge >= 0.3 is 12.1 Å². The van der Waals surface area contributed by atoms with E-state index in [0.29, 0.717) is 25.7 Å². The molecule has 1 saturated heterocycles. The summed E-state index contributed by atoms with van der Waals surface area (Å²) in [4.78, 5) is 25.9. The first kappa shape index (κ1) is 19.2. The minimum atomic E-state index is -4.46. The van der Waals surface area contributed by atoms with Gasteiger partial charge in [-0.2, -0.15) is 13.2 Å². The van der Waals surface area contributed by atoms with E-state index in [0.717, 1.165) is 5.57 Å². The van der Waals surface area contributed by atoms with Crippen LogP contribution in [0.3, 0.4) is 0 Å². The van der Waals surface area contributed by atoms with Crippen LogP contribution in [0, 0.1) is 23.2 Å². The number of amides is 1. The lowest BCUT2D eigenvalue weighted by molar-refractivity contribution is -0.214. The van der Waals surface area contributed by atoms with Crippen molar-refractivity contribution in [3.63, 3.8) is 0 Å². The van der Waals surface area contributed by atoms with E-state index in [1.54, 1.807) is 18.9 Å². The number of hydrogen-bond acceptors (Lipinski definition) is 3. The quantitative estimate of drug-likeness (QED) is 0.548. The average molecular weight is 373 g/mol. The van der Waals surface area contributed by atoms with Gasteiger partial charge in [0.15, 0.2) is 0 Å². The molecule has 0 radical (unpaired) electrons. The minimum Gasteiger partial charge on any atom is -0.466 e. The van der Waals surface area contributed by atoms with E-state index < -0.39 is 35.3 Å². The number of fused-ring (bicyclic) bond motifs is 3. The number of hydrogen-bond donors (Lipinski definition) is 0. The van der Waals surface area contributed by atoms with Crippen molar-refractivity contribution in [2.75, 3.05) is 13.7 Å². The molecule has 2 fully saturated rings. The Labute approximate surface area is 151 Å². The Hall–Kier alpha value is -1.53. The SMILES string of the molecule is CCOC(=O)C1CC=C2C(CCC3N(C)C(=O)CC[C@]23C)C1C(F)(F)F. The van der Waals surface area contributed by atoms with Gasteiger partial charge in [0.2, 0.25) is 5.91 Å². The van der Waals surface area contributed by atoms with E-state index in [2.05, 4.69) is 0 Å². The molecule has 4 unspecified atom stereocenters. The van der Waals surface area contributed by atoms with Gasteiger partial charge < -0.3 is 9.64 Å². The zero-order chi connectivity index (χ0) is 19.3. The van der Waals surface area contributed by atoms with Crippen LogP contribution >= 0.6 is 0 Å². The fraction of sp³-hybridized carbons (Fsp3) is 0.789. The molecule has 26 heavy (non-hydrogen) atoms. The molecule has 0 aromatic rings. The fourth-order valence-electron chi connectivity index (χ4n) is 5.46. The summed E-state index contributed by atoms with van der Waals surface area (Å²) >= 11 is 0. The summed E-state index contributed by atoms with van der Waals surface area (Å²) in [7, 11) is 1.75. The highest BCUT2D eigenvalue weighted by atomic mass is 19.4. The lowest BCUT2D eigenvalue weighted by atomic mass is 9.54. The topological polar surface area (TPSA) is 46.6 Å². The largest absolute Gasteiger partial charge is 0.466 e. The number of piperidine rings is 1. The van der Waals surface area contributed by atoms with Crippen molar-refractivity contribution >= 4 is 11.9 Å². The van der Waals surface area contributed by atoms with Gasteiger partial charge in [-0.3, -0.25) is 9.59 Å². The maximum Gasteiger partial charge on any atom is 0.393 e. The number of ether oxygens (including phenoxy) is 1. The lowest BCUT2D eigenvalue weighted by Gasteiger charge is -2.56. The van der Waals surface area contributed by atoms with Gasteiger partial charge in [0, 0.05) is 24.9 Å². The molecule has 3 rings (SSSR count). The van der Waals surface area contributed by atoms with Crippen molar-refractivity contribution < 1.29 is 27.5 Å². The normalized spacial score (nSPS) is 37.5. The molecule has 1 heterocycles. The zero-order valence-electron chi connectivity index (χ0n) is 15.4. The molecule has 1 saturated carbocycles. The van der Waals surface area contributed by atoms with Gasteiger partial charge in [-0.1, -0.05) is 18.6 Å². The molecule has 3 aliphatic rings. The van der Waals surface area contributed by atoms with E-state index in [-0.39, 0.29) is 25.0 Å². The van der Waals surface area contributed by atoms with Crippen molar-refractivity contribution in [2.45, 2.75) is 58.2 Å². The molecular formula is C19H26F3NO3. The average Bonchev–Trinajstić information content (AvgIpc) is 2.57. The highest BCUT2D eigenvalue weighted by molar-refractivity contribution is 5.78. The Morgan fingerprint density at radius 1 is 1.38 bits per heavy atom. The number of allylic oxidation sites excluding steroid dienone is 1. The van der Waals surface area contributed by atoms with Gasteiger partial charge in [0.25, 0.3) is 0 Å². The molecule has 0 aromatic heterocycles. The third-order valence-electron chi connectivity index (χ3n) is 6.69. The van der Waals surface area contributed by atoms with Crippen molar-refractivity contribution in [3.05, 3.63) is 11.6 Å². The van der Waals surface area contributed by atoms with Crippen LogP contribution < -0.4 is 0 Å². The first-order valence-electron chi connectivity index (χ1n) is 9.30. The molecule has 1 aliphatic heterocycles. The number of carbonyl (C=O) groups excluding carboxylic acids is 2. The number of alkyl halides is 3. The second-order valence-electron chi connectivity index (χ2n) is 7.94. The Kier molecular flexibility index (Phi) is 4.86. The molecule has 146 valence electrons. The summed E-state index contributed by atoms with van der Waals surface area (Å²) in [6.45, 7) is 3.66. The molecule has 0 aromatic carbocycles. The molecule has 7 heteroatoms. The first-order chi connectivity index (χ1) is 12.1. The third-order valence-corrected chi connectivity index (χ3v) is 6.69. The summed E-state index contributed by atoms with van der Waals surface area (Å²) in [5, 5.41) is 0. The summed E-state index contributed by atoms with van der Waals surface area (Å²) in [5.41, 5.74) is 0.338. The molecular weight excluding hydrogens is 347 g/mol. The predicted octanol–water partition coefficient (Wildman–Crippen LogP) is 3.71. The van der Waals surface area contributed by atoms with Gasteiger partial charge in [0.05, 0.1) is 18.4 Å². The number of likely N-dealkylation sites (tertiary alicyclic amines) is 1. The molecule has 2 aliphatic carbocycles. The van der Waals surface area contributed by atoms with E-state index in [1.165, 1.54) is 0 Å². The smallest absolute Gasteiger partial charge is 0.393 e. The molecule has 4 nitrogen and oxygen atoms in total. The van der Waals surface area contributed by atoms with Crippen molar-refractivity contribution in [2.24, 2.45) is 23.2 Å². The van der Waals surface area contributed by atoms with Crippen LogP contribution in [0.15, 0.2) is 11.6 Å². The van der Waals surface area contributed by atoms with Crippen LogP contribution in [0.25, 0.3) is 0 Å². The molecule has 0 bridgehead atoms.